The van der Waals surface area contributed by atoms with Gasteiger partial charge in [-0.2, -0.15) is 0 Å². The van der Waals surface area contributed by atoms with E-state index in [0.29, 0.717) is 5.82 Å². The molecule has 0 fully saturated rings. The van der Waals surface area contributed by atoms with Crippen LogP contribution in [0.4, 0.5) is 10.6 Å². The second-order valence-electron chi connectivity index (χ2n) is 2.32. The maximum absolute atomic E-state index is 11.0. The minimum Gasteiger partial charge on any atom is -0.395 e. The fraction of sp³-hybridized carbons (Fsp3) is 0.250. The number of hydrogen-bond donors (Lipinski definition) is 3. The van der Waals surface area contributed by atoms with Crippen LogP contribution in [-0.2, 0) is 0 Å². The number of carbonyl (C=O) groups is 1. The Morgan fingerprint density at radius 2 is 2.38 bits per heavy atom. The van der Waals surface area contributed by atoms with Gasteiger partial charge in [0.25, 0.3) is 0 Å². The Labute approximate surface area is 75.8 Å². The van der Waals surface area contributed by atoms with Crippen molar-refractivity contribution >= 4 is 11.8 Å². The Bertz CT molecular complexity index is 263. The highest BCUT2D eigenvalue weighted by Crippen LogP contribution is 1.98. The van der Waals surface area contributed by atoms with Gasteiger partial charge in [-0.3, -0.25) is 5.32 Å². The van der Waals surface area contributed by atoms with E-state index >= 15 is 0 Å². The molecule has 0 saturated heterocycles. The Morgan fingerprint density at radius 1 is 1.54 bits per heavy atom. The monoisotopic (exact) mass is 181 g/mol. The quantitative estimate of drug-likeness (QED) is 0.623. The molecule has 1 heterocycles. The van der Waals surface area contributed by atoms with E-state index in [-0.39, 0.29) is 19.2 Å². The SMILES string of the molecule is O=C(NCCO)Nc1ccccn1. The lowest BCUT2D eigenvalue weighted by Gasteiger charge is -2.04. The van der Waals surface area contributed by atoms with Crippen LogP contribution in [0.3, 0.4) is 0 Å². The Hall–Kier alpha value is -1.62. The summed E-state index contributed by atoms with van der Waals surface area (Å²) in [5.41, 5.74) is 0. The van der Waals surface area contributed by atoms with Crippen molar-refractivity contribution < 1.29 is 9.90 Å². The Kier molecular flexibility index (Phi) is 3.72. The molecule has 3 N–H and O–H groups in total. The first kappa shape index (κ1) is 9.47. The van der Waals surface area contributed by atoms with Gasteiger partial charge in [0.2, 0.25) is 0 Å². The molecule has 5 heteroatoms. The van der Waals surface area contributed by atoms with Gasteiger partial charge in [0.1, 0.15) is 5.82 Å². The van der Waals surface area contributed by atoms with E-state index in [0.717, 1.165) is 0 Å². The maximum atomic E-state index is 11.0. The molecule has 0 atom stereocenters. The van der Waals surface area contributed by atoms with E-state index in [1.807, 2.05) is 0 Å². The van der Waals surface area contributed by atoms with E-state index in [2.05, 4.69) is 15.6 Å². The summed E-state index contributed by atoms with van der Waals surface area (Å²) >= 11 is 0. The molecular formula is C8H11N3O2. The number of rotatable bonds is 3. The van der Waals surface area contributed by atoms with Gasteiger partial charge in [-0.25, -0.2) is 9.78 Å². The molecule has 70 valence electrons. The lowest BCUT2D eigenvalue weighted by molar-refractivity contribution is 0.244. The van der Waals surface area contributed by atoms with E-state index < -0.39 is 0 Å². The van der Waals surface area contributed by atoms with Crippen molar-refractivity contribution in [2.45, 2.75) is 0 Å². The number of urea groups is 1. The highest BCUT2D eigenvalue weighted by atomic mass is 16.3. The predicted molar refractivity (Wildman–Crippen MR) is 48.3 cm³/mol. The maximum Gasteiger partial charge on any atom is 0.320 e. The van der Waals surface area contributed by atoms with Crippen LogP contribution < -0.4 is 10.6 Å². The number of nitrogens with one attached hydrogen (secondary N) is 2. The lowest BCUT2D eigenvalue weighted by Crippen LogP contribution is -2.31. The van der Waals surface area contributed by atoms with Crippen LogP contribution in [0.5, 0.6) is 0 Å². The number of aliphatic hydroxyl groups excluding tert-OH is 1. The molecule has 0 aliphatic heterocycles. The van der Waals surface area contributed by atoms with Crippen LogP contribution in [0.25, 0.3) is 0 Å². The molecule has 0 radical (unpaired) electrons. The van der Waals surface area contributed by atoms with Gasteiger partial charge in [-0.15, -0.1) is 0 Å². The summed E-state index contributed by atoms with van der Waals surface area (Å²) in [4.78, 5) is 14.9. The molecule has 2 amide bonds. The van der Waals surface area contributed by atoms with E-state index in [4.69, 9.17) is 5.11 Å². The number of anilines is 1. The molecule has 0 bridgehead atoms. The highest BCUT2D eigenvalue weighted by molar-refractivity contribution is 5.88. The third-order valence-corrected chi connectivity index (χ3v) is 1.30. The number of aromatic nitrogens is 1. The average molecular weight is 181 g/mol. The van der Waals surface area contributed by atoms with Crippen LogP contribution in [-0.4, -0.2) is 29.3 Å². The Morgan fingerprint density at radius 3 is 3.00 bits per heavy atom. The van der Waals surface area contributed by atoms with Gasteiger partial charge < -0.3 is 10.4 Å². The zero-order valence-corrected chi connectivity index (χ0v) is 7.03. The Balaban J connectivity index is 2.37. The number of carbonyl (C=O) groups excluding carboxylic acids is 1. The third kappa shape index (κ3) is 3.53. The van der Waals surface area contributed by atoms with Crippen LogP contribution in [0.2, 0.25) is 0 Å². The largest absolute Gasteiger partial charge is 0.395 e. The van der Waals surface area contributed by atoms with Gasteiger partial charge in [-0.05, 0) is 12.1 Å². The summed E-state index contributed by atoms with van der Waals surface area (Å²) in [6.45, 7) is 0.161. The molecule has 13 heavy (non-hydrogen) atoms. The number of pyridine rings is 1. The van der Waals surface area contributed by atoms with Gasteiger partial charge in [0.15, 0.2) is 0 Å². The molecule has 5 nitrogen and oxygen atoms in total. The van der Waals surface area contributed by atoms with E-state index in [1.54, 1.807) is 24.4 Å². The summed E-state index contributed by atoms with van der Waals surface area (Å²) < 4.78 is 0. The van der Waals surface area contributed by atoms with Crippen LogP contribution >= 0.6 is 0 Å². The van der Waals surface area contributed by atoms with Crippen molar-refractivity contribution in [3.8, 4) is 0 Å². The van der Waals surface area contributed by atoms with Crippen molar-refractivity contribution in [1.29, 1.82) is 0 Å². The summed E-state index contributed by atoms with van der Waals surface area (Å²) in [6.07, 6.45) is 1.58. The fourth-order valence-electron chi connectivity index (χ4n) is 0.767. The van der Waals surface area contributed by atoms with Crippen LogP contribution in [0.15, 0.2) is 24.4 Å². The minimum absolute atomic E-state index is 0.0738. The first-order chi connectivity index (χ1) is 6.33. The number of amides is 2. The van der Waals surface area contributed by atoms with Crippen LogP contribution in [0.1, 0.15) is 0 Å². The first-order valence-electron chi connectivity index (χ1n) is 3.89. The van der Waals surface area contributed by atoms with Crippen molar-refractivity contribution in [3.63, 3.8) is 0 Å². The van der Waals surface area contributed by atoms with Gasteiger partial charge >= 0.3 is 6.03 Å². The topological polar surface area (TPSA) is 74.2 Å². The second-order valence-corrected chi connectivity index (χ2v) is 2.32. The lowest BCUT2D eigenvalue weighted by atomic mass is 10.5. The molecule has 0 spiro atoms. The van der Waals surface area contributed by atoms with Gasteiger partial charge in [0, 0.05) is 12.7 Å². The number of hydrogen-bond acceptors (Lipinski definition) is 3. The normalized spacial score (nSPS) is 9.31. The fourth-order valence-corrected chi connectivity index (χ4v) is 0.767. The molecule has 0 unspecified atom stereocenters. The summed E-state index contributed by atoms with van der Waals surface area (Å²) in [7, 11) is 0. The zero-order valence-electron chi connectivity index (χ0n) is 7.03. The molecule has 1 aromatic heterocycles. The van der Waals surface area contributed by atoms with Crippen molar-refractivity contribution in [2.24, 2.45) is 0 Å². The first-order valence-corrected chi connectivity index (χ1v) is 3.89. The predicted octanol–water partition coefficient (Wildman–Crippen LogP) is 0.195. The van der Waals surface area contributed by atoms with Gasteiger partial charge in [-0.1, -0.05) is 6.07 Å². The van der Waals surface area contributed by atoms with Gasteiger partial charge in [0.05, 0.1) is 6.61 Å². The summed E-state index contributed by atoms with van der Waals surface area (Å²) in [6, 6.07) is 4.84. The second kappa shape index (κ2) is 5.10. The highest BCUT2D eigenvalue weighted by Gasteiger charge is 1.99. The zero-order chi connectivity index (χ0) is 9.52. The molecule has 1 rings (SSSR count). The third-order valence-electron chi connectivity index (χ3n) is 1.30. The molecule has 1 aromatic rings. The average Bonchev–Trinajstić information content (AvgIpc) is 2.16. The van der Waals surface area contributed by atoms with E-state index in [9.17, 15) is 4.79 Å². The van der Waals surface area contributed by atoms with Crippen molar-refractivity contribution in [3.05, 3.63) is 24.4 Å². The molecule has 0 aliphatic carbocycles. The van der Waals surface area contributed by atoms with Crippen molar-refractivity contribution in [1.82, 2.24) is 10.3 Å². The molecular weight excluding hydrogens is 170 g/mol. The molecule has 0 aliphatic rings. The standard InChI is InChI=1S/C8H11N3O2/c12-6-5-10-8(13)11-7-3-1-2-4-9-7/h1-4,12H,5-6H2,(H2,9,10,11,13). The van der Waals surface area contributed by atoms with Crippen molar-refractivity contribution in [2.75, 3.05) is 18.5 Å². The number of nitrogens with zero attached hydrogens (tertiary/aromatic N) is 1. The summed E-state index contributed by atoms with van der Waals surface area (Å²) in [5, 5.41) is 13.4. The smallest absolute Gasteiger partial charge is 0.320 e. The number of aliphatic hydroxyl groups is 1. The van der Waals surface area contributed by atoms with Crippen LogP contribution in [0, 0.1) is 0 Å². The molecule has 0 saturated carbocycles. The van der Waals surface area contributed by atoms with E-state index in [1.165, 1.54) is 0 Å². The molecule has 0 aromatic carbocycles. The summed E-state index contributed by atoms with van der Waals surface area (Å²) in [5.74, 6) is 0.484. The minimum atomic E-state index is -0.368.